The fourth-order valence-electron chi connectivity index (χ4n) is 2.03. The second-order valence-corrected chi connectivity index (χ2v) is 4.24. The first kappa shape index (κ1) is 15.5. The number of ether oxygens (including phenoxy) is 1. The Labute approximate surface area is 123 Å². The monoisotopic (exact) mass is 323 g/mol. The van der Waals surface area contributed by atoms with E-state index < -0.39 is 0 Å². The predicted octanol–water partition coefficient (Wildman–Crippen LogP) is 3.10. The fourth-order valence-corrected chi connectivity index (χ4v) is 2.03. The van der Waals surface area contributed by atoms with E-state index in [9.17, 15) is 4.79 Å². The number of carbonyl (C=O) groups is 1. The molecule has 0 heterocycles. The molecule has 19 heavy (non-hydrogen) atoms. The Hall–Kier alpha value is -1.55. The van der Waals surface area contributed by atoms with E-state index in [1.807, 2.05) is 18.2 Å². The minimum absolute atomic E-state index is 0. The molecule has 0 aliphatic carbocycles. The van der Waals surface area contributed by atoms with Gasteiger partial charge in [0, 0.05) is 13.5 Å². The van der Waals surface area contributed by atoms with Crippen molar-refractivity contribution < 1.29 is 9.53 Å². The maximum atomic E-state index is 10.9. The van der Waals surface area contributed by atoms with Crippen molar-refractivity contribution in [1.29, 1.82) is 0 Å². The molecular weight excluding hydrogens is 306 g/mol. The van der Waals surface area contributed by atoms with Crippen LogP contribution in [-0.4, -0.2) is 19.6 Å². The van der Waals surface area contributed by atoms with Gasteiger partial charge in [0.1, 0.15) is 5.75 Å². The molecule has 4 heteroatoms. The predicted molar refractivity (Wildman–Crippen MR) is 83.2 cm³/mol. The number of fused-ring (bicyclic) bond motifs is 1. The molecule has 0 saturated heterocycles. The molecule has 2 aromatic rings. The Bertz CT molecular complexity index is 569. The van der Waals surface area contributed by atoms with Gasteiger partial charge in [-0.3, -0.25) is 4.79 Å². The summed E-state index contributed by atoms with van der Waals surface area (Å²) < 4.78 is 5.25. The quantitative estimate of drug-likeness (QED) is 0.938. The number of rotatable bonds is 4. The number of hydrogen-bond donors (Lipinski definition) is 1. The van der Waals surface area contributed by atoms with E-state index in [0.29, 0.717) is 6.54 Å². The smallest absolute Gasteiger partial charge is 0.216 e. The van der Waals surface area contributed by atoms with Gasteiger partial charge < -0.3 is 10.1 Å². The Morgan fingerprint density at radius 1 is 1.26 bits per heavy atom. The van der Waals surface area contributed by atoms with E-state index in [0.717, 1.165) is 12.2 Å². The lowest BCUT2D eigenvalue weighted by atomic mass is 10.0. The lowest BCUT2D eigenvalue weighted by Crippen LogP contribution is -2.22. The highest BCUT2D eigenvalue weighted by atomic mass is 79.9. The largest absolute Gasteiger partial charge is 0.497 e. The number of methoxy groups -OCH3 is 1. The molecule has 2 aromatic carbocycles. The van der Waals surface area contributed by atoms with Gasteiger partial charge in [-0.1, -0.05) is 24.3 Å². The standard InChI is InChI=1S/C15H17NO2.BrH/c1-11(17)16-9-8-13-5-3-4-12-6-7-14(18-2)10-15(12)13;/h3-7,10H,8-9H2,1-2H3,(H,16,17);1H. The third-order valence-electron chi connectivity index (χ3n) is 2.95. The van der Waals surface area contributed by atoms with Gasteiger partial charge in [-0.25, -0.2) is 0 Å². The average Bonchev–Trinajstić information content (AvgIpc) is 2.38. The Morgan fingerprint density at radius 3 is 2.74 bits per heavy atom. The van der Waals surface area contributed by atoms with Crippen LogP contribution in [0.3, 0.4) is 0 Å². The number of carbonyl (C=O) groups excluding carboxylic acids is 1. The summed E-state index contributed by atoms with van der Waals surface area (Å²) >= 11 is 0. The van der Waals surface area contributed by atoms with Crippen molar-refractivity contribution in [3.05, 3.63) is 42.0 Å². The lowest BCUT2D eigenvalue weighted by Gasteiger charge is -2.08. The molecule has 0 atom stereocenters. The molecule has 1 N–H and O–H groups in total. The second kappa shape index (κ2) is 7.14. The fraction of sp³-hybridized carbons (Fsp3) is 0.267. The van der Waals surface area contributed by atoms with Gasteiger partial charge in [-0.05, 0) is 34.9 Å². The summed E-state index contributed by atoms with van der Waals surface area (Å²) in [6.07, 6.45) is 0.823. The highest BCUT2D eigenvalue weighted by molar-refractivity contribution is 8.93. The van der Waals surface area contributed by atoms with E-state index in [-0.39, 0.29) is 22.9 Å². The molecule has 0 spiro atoms. The van der Waals surface area contributed by atoms with Crippen molar-refractivity contribution in [1.82, 2.24) is 5.32 Å². The second-order valence-electron chi connectivity index (χ2n) is 4.24. The van der Waals surface area contributed by atoms with Crippen LogP contribution in [0, 0.1) is 0 Å². The van der Waals surface area contributed by atoms with E-state index in [2.05, 4.69) is 23.5 Å². The zero-order valence-corrected chi connectivity index (χ0v) is 12.8. The maximum Gasteiger partial charge on any atom is 0.216 e. The summed E-state index contributed by atoms with van der Waals surface area (Å²) in [7, 11) is 1.67. The first-order valence-corrected chi connectivity index (χ1v) is 6.01. The minimum Gasteiger partial charge on any atom is -0.497 e. The molecule has 1 amide bonds. The van der Waals surface area contributed by atoms with Crippen LogP contribution < -0.4 is 10.1 Å². The van der Waals surface area contributed by atoms with Crippen LogP contribution in [-0.2, 0) is 11.2 Å². The van der Waals surface area contributed by atoms with E-state index in [1.165, 1.54) is 23.3 Å². The average molecular weight is 324 g/mol. The molecule has 0 bridgehead atoms. The van der Waals surface area contributed by atoms with Gasteiger partial charge in [-0.15, -0.1) is 17.0 Å². The van der Waals surface area contributed by atoms with Gasteiger partial charge in [-0.2, -0.15) is 0 Å². The van der Waals surface area contributed by atoms with E-state index in [1.54, 1.807) is 7.11 Å². The first-order valence-electron chi connectivity index (χ1n) is 6.01. The van der Waals surface area contributed by atoms with Gasteiger partial charge in [0.25, 0.3) is 0 Å². The highest BCUT2D eigenvalue weighted by Gasteiger charge is 2.03. The van der Waals surface area contributed by atoms with Crippen molar-refractivity contribution in [2.24, 2.45) is 0 Å². The van der Waals surface area contributed by atoms with Crippen LogP contribution in [0.2, 0.25) is 0 Å². The normalized spacial score (nSPS) is 9.79. The number of benzene rings is 2. The van der Waals surface area contributed by atoms with Crippen LogP contribution in [0.1, 0.15) is 12.5 Å². The van der Waals surface area contributed by atoms with E-state index >= 15 is 0 Å². The molecule has 0 saturated carbocycles. The van der Waals surface area contributed by atoms with Gasteiger partial charge in [0.2, 0.25) is 5.91 Å². The number of nitrogens with one attached hydrogen (secondary N) is 1. The van der Waals surface area contributed by atoms with Crippen LogP contribution in [0.25, 0.3) is 10.8 Å². The third kappa shape index (κ3) is 3.96. The third-order valence-corrected chi connectivity index (χ3v) is 2.95. The molecule has 0 aromatic heterocycles. The zero-order valence-electron chi connectivity index (χ0n) is 11.1. The first-order chi connectivity index (χ1) is 8.70. The van der Waals surface area contributed by atoms with Gasteiger partial charge in [0.15, 0.2) is 0 Å². The summed E-state index contributed by atoms with van der Waals surface area (Å²) in [6, 6.07) is 12.3. The summed E-state index contributed by atoms with van der Waals surface area (Å²) in [4.78, 5) is 10.9. The Kier molecular flexibility index (Phi) is 5.83. The number of amides is 1. The van der Waals surface area contributed by atoms with Crippen molar-refractivity contribution in [3.63, 3.8) is 0 Å². The Balaban J connectivity index is 0.00000180. The van der Waals surface area contributed by atoms with E-state index in [4.69, 9.17) is 4.74 Å². The number of hydrogen-bond acceptors (Lipinski definition) is 2. The lowest BCUT2D eigenvalue weighted by molar-refractivity contribution is -0.118. The van der Waals surface area contributed by atoms with Crippen LogP contribution in [0.15, 0.2) is 36.4 Å². The van der Waals surface area contributed by atoms with Crippen LogP contribution >= 0.6 is 17.0 Å². The maximum absolute atomic E-state index is 10.9. The summed E-state index contributed by atoms with van der Waals surface area (Å²) in [5.41, 5.74) is 1.22. The summed E-state index contributed by atoms with van der Waals surface area (Å²) in [5, 5.41) is 5.19. The van der Waals surface area contributed by atoms with Gasteiger partial charge in [0.05, 0.1) is 7.11 Å². The molecule has 0 radical (unpaired) electrons. The Morgan fingerprint density at radius 2 is 2.05 bits per heavy atom. The van der Waals surface area contributed by atoms with Crippen molar-refractivity contribution in [2.75, 3.05) is 13.7 Å². The topological polar surface area (TPSA) is 38.3 Å². The van der Waals surface area contributed by atoms with Crippen molar-refractivity contribution >= 4 is 33.7 Å². The van der Waals surface area contributed by atoms with Crippen molar-refractivity contribution in [3.8, 4) is 5.75 Å². The summed E-state index contributed by atoms with van der Waals surface area (Å²) in [5.74, 6) is 0.863. The molecule has 2 rings (SSSR count). The molecule has 0 aliphatic heterocycles. The minimum atomic E-state index is 0. The molecule has 102 valence electrons. The molecule has 0 fully saturated rings. The highest BCUT2D eigenvalue weighted by Crippen LogP contribution is 2.24. The molecular formula is C15H18BrNO2. The SMILES string of the molecule is Br.COc1ccc2cccc(CCNC(C)=O)c2c1. The van der Waals surface area contributed by atoms with Crippen LogP contribution in [0.4, 0.5) is 0 Å². The zero-order chi connectivity index (χ0) is 13.0. The number of halogens is 1. The van der Waals surface area contributed by atoms with Crippen molar-refractivity contribution in [2.45, 2.75) is 13.3 Å². The summed E-state index contributed by atoms with van der Waals surface area (Å²) in [6.45, 7) is 2.19. The molecule has 0 unspecified atom stereocenters. The molecule has 3 nitrogen and oxygen atoms in total. The van der Waals surface area contributed by atoms with Crippen LogP contribution in [0.5, 0.6) is 5.75 Å². The molecule has 0 aliphatic rings. The van der Waals surface area contributed by atoms with Gasteiger partial charge >= 0.3 is 0 Å².